The fraction of sp³-hybridized carbons (Fsp3) is 0.312. The van der Waals surface area contributed by atoms with Crippen LogP contribution in [0.3, 0.4) is 0 Å². The number of nitrogens with zero attached hydrogens (tertiary/aromatic N) is 1. The fourth-order valence-electron chi connectivity index (χ4n) is 6.42. The third-order valence-electron chi connectivity index (χ3n) is 8.29. The van der Waals surface area contributed by atoms with Crippen molar-refractivity contribution in [1.29, 1.82) is 0 Å². The average molecular weight is 531 g/mol. The molecule has 5 nitrogen and oxygen atoms in total. The molecule has 202 valence electrons. The number of benzene rings is 3. The van der Waals surface area contributed by atoms with Crippen molar-refractivity contribution in [2.75, 3.05) is 24.3 Å². The Labute approximate surface area is 227 Å². The van der Waals surface area contributed by atoms with Gasteiger partial charge in [-0.2, -0.15) is 0 Å². The number of aliphatic carboxylic acids is 1. The normalized spacial score (nSPS) is 21.8. The number of carbonyl (C=O) groups excluding carboxylic acids is 1. The van der Waals surface area contributed by atoms with Gasteiger partial charge < -0.3 is 15.3 Å². The van der Waals surface area contributed by atoms with Crippen LogP contribution < -0.4 is 10.2 Å². The van der Waals surface area contributed by atoms with Gasteiger partial charge in [0.05, 0.1) is 0 Å². The maximum Gasteiger partial charge on any atom is 0.328 e. The smallest absolute Gasteiger partial charge is 0.328 e. The van der Waals surface area contributed by atoms with E-state index in [1.165, 1.54) is 18.2 Å². The summed E-state index contributed by atoms with van der Waals surface area (Å²) in [6.45, 7) is 0. The van der Waals surface area contributed by atoms with Crippen molar-refractivity contribution in [3.05, 3.63) is 89.5 Å². The van der Waals surface area contributed by atoms with Gasteiger partial charge in [0.15, 0.2) is 0 Å². The number of halogens is 2. The van der Waals surface area contributed by atoms with Crippen LogP contribution in [0.4, 0.5) is 20.2 Å². The van der Waals surface area contributed by atoms with E-state index in [1.54, 1.807) is 12.1 Å². The van der Waals surface area contributed by atoms with Crippen LogP contribution >= 0.6 is 0 Å². The molecule has 7 heteroatoms. The summed E-state index contributed by atoms with van der Waals surface area (Å²) in [6.07, 6.45) is 6.14. The number of hydrogen-bond donors (Lipinski definition) is 2. The highest BCUT2D eigenvalue weighted by Gasteiger charge is 2.54. The minimum absolute atomic E-state index is 0.200. The second-order valence-corrected chi connectivity index (χ2v) is 11.1. The van der Waals surface area contributed by atoms with E-state index in [4.69, 9.17) is 5.11 Å². The van der Waals surface area contributed by atoms with Gasteiger partial charge in [0.2, 0.25) is 5.91 Å². The Kier molecular flexibility index (Phi) is 7.25. The number of anilines is 2. The number of rotatable bonds is 8. The molecule has 2 N–H and O–H groups in total. The number of carboxylic acid groups (broad SMARTS) is 1. The molecular formula is C32H32F2N2O3. The highest BCUT2D eigenvalue weighted by atomic mass is 19.1. The van der Waals surface area contributed by atoms with Gasteiger partial charge in [-0.05, 0) is 108 Å². The third kappa shape index (κ3) is 5.72. The summed E-state index contributed by atoms with van der Waals surface area (Å²) < 4.78 is 29.6. The van der Waals surface area contributed by atoms with Crippen molar-refractivity contribution in [2.45, 2.75) is 32.1 Å². The molecular weight excluding hydrogens is 498 g/mol. The predicted octanol–water partition coefficient (Wildman–Crippen LogP) is 6.78. The van der Waals surface area contributed by atoms with Crippen LogP contribution in [0.2, 0.25) is 0 Å². The largest absolute Gasteiger partial charge is 0.478 e. The molecule has 3 atom stereocenters. The molecule has 2 fully saturated rings. The molecule has 39 heavy (non-hydrogen) atoms. The Hall–Kier alpha value is -4.00. The summed E-state index contributed by atoms with van der Waals surface area (Å²) in [5, 5.41) is 11.7. The Morgan fingerprint density at radius 1 is 1.05 bits per heavy atom. The van der Waals surface area contributed by atoms with Crippen molar-refractivity contribution in [2.24, 2.45) is 17.3 Å². The molecule has 0 radical (unpaired) electrons. The molecule has 3 aromatic carbocycles. The number of hydrogen-bond acceptors (Lipinski definition) is 3. The predicted molar refractivity (Wildman–Crippen MR) is 149 cm³/mol. The van der Waals surface area contributed by atoms with E-state index in [-0.39, 0.29) is 28.7 Å². The molecule has 2 bridgehead atoms. The first kappa shape index (κ1) is 26.6. The maximum atomic E-state index is 15.4. The first-order chi connectivity index (χ1) is 18.6. The van der Waals surface area contributed by atoms with Gasteiger partial charge in [-0.15, -0.1) is 0 Å². The van der Waals surface area contributed by atoms with Crippen molar-refractivity contribution in [1.82, 2.24) is 0 Å². The van der Waals surface area contributed by atoms with E-state index in [9.17, 15) is 14.0 Å². The summed E-state index contributed by atoms with van der Waals surface area (Å²) in [6, 6.07) is 17.3. The highest BCUT2D eigenvalue weighted by Crippen LogP contribution is 2.59. The van der Waals surface area contributed by atoms with Crippen LogP contribution in [-0.4, -0.2) is 31.1 Å². The Morgan fingerprint density at radius 2 is 1.79 bits per heavy atom. The SMILES string of the molecule is CN(C)c1ccc(-c2ccc(C[C@@]34CC[C@H](C[C@H]3C(=O)Nc3cc(F)cc(/C=C/C(=O)O)c3)C4)c(F)c2)cc1. The molecule has 3 aromatic rings. The molecule has 0 heterocycles. The van der Waals surface area contributed by atoms with E-state index in [0.29, 0.717) is 23.5 Å². The van der Waals surface area contributed by atoms with Gasteiger partial charge in [0.1, 0.15) is 11.6 Å². The minimum Gasteiger partial charge on any atom is -0.478 e. The monoisotopic (exact) mass is 530 g/mol. The summed E-state index contributed by atoms with van der Waals surface area (Å²) in [7, 11) is 3.95. The zero-order valence-electron chi connectivity index (χ0n) is 22.1. The maximum absolute atomic E-state index is 15.4. The standard InChI is InChI=1S/C32H32F2N2O3/c1-36(2)27-8-6-22(7-9-27)23-4-5-24(29(34)16-23)19-32-12-11-21(18-32)15-28(32)31(39)35-26-14-20(3-10-30(37)38)13-25(33)17-26/h3-10,13-14,16-17,21,28H,11-12,15,18-19H2,1-2H3,(H,35,39)(H,37,38)/b10-3+/t21-,28+,32+/m1/s1. The average Bonchev–Trinajstić information content (AvgIpc) is 3.47. The number of fused-ring (bicyclic) bond motifs is 2. The lowest BCUT2D eigenvalue weighted by Crippen LogP contribution is -2.37. The zero-order chi connectivity index (χ0) is 27.7. The van der Waals surface area contributed by atoms with Crippen LogP contribution in [0.5, 0.6) is 0 Å². The molecule has 0 saturated heterocycles. The zero-order valence-corrected chi connectivity index (χ0v) is 22.1. The van der Waals surface area contributed by atoms with E-state index in [1.807, 2.05) is 55.4 Å². The van der Waals surface area contributed by atoms with Crippen molar-refractivity contribution in [3.63, 3.8) is 0 Å². The fourth-order valence-corrected chi connectivity index (χ4v) is 6.42. The summed E-state index contributed by atoms with van der Waals surface area (Å²) >= 11 is 0. The van der Waals surface area contributed by atoms with Gasteiger partial charge >= 0.3 is 5.97 Å². The van der Waals surface area contributed by atoms with Gasteiger partial charge in [-0.3, -0.25) is 4.79 Å². The van der Waals surface area contributed by atoms with Crippen molar-refractivity contribution >= 4 is 29.3 Å². The molecule has 0 unspecified atom stereocenters. The Balaban J connectivity index is 1.34. The van der Waals surface area contributed by atoms with Gasteiger partial charge in [0, 0.05) is 37.5 Å². The second-order valence-electron chi connectivity index (χ2n) is 11.1. The van der Waals surface area contributed by atoms with Crippen molar-refractivity contribution in [3.8, 4) is 11.1 Å². The topological polar surface area (TPSA) is 69.6 Å². The van der Waals surface area contributed by atoms with E-state index >= 15 is 4.39 Å². The summed E-state index contributed by atoms with van der Waals surface area (Å²) in [5.74, 6) is -2.08. The van der Waals surface area contributed by atoms with Crippen LogP contribution in [0, 0.1) is 28.9 Å². The van der Waals surface area contributed by atoms with E-state index in [2.05, 4.69) is 5.32 Å². The number of carbonyl (C=O) groups is 2. The number of carboxylic acids is 1. The first-order valence-corrected chi connectivity index (χ1v) is 13.2. The van der Waals surface area contributed by atoms with Gasteiger partial charge in [-0.1, -0.05) is 24.3 Å². The Morgan fingerprint density at radius 3 is 2.46 bits per heavy atom. The molecule has 5 rings (SSSR count). The molecule has 0 aliphatic heterocycles. The van der Waals surface area contributed by atoms with Crippen LogP contribution in [0.25, 0.3) is 17.2 Å². The molecule has 0 aromatic heterocycles. The van der Waals surface area contributed by atoms with Crippen LogP contribution in [0.1, 0.15) is 36.8 Å². The Bertz CT molecular complexity index is 1430. The number of nitrogens with one attached hydrogen (secondary N) is 1. The lowest BCUT2D eigenvalue weighted by atomic mass is 9.70. The quantitative estimate of drug-likeness (QED) is 0.315. The lowest BCUT2D eigenvalue weighted by Gasteiger charge is -2.34. The van der Waals surface area contributed by atoms with Gasteiger partial charge in [0.25, 0.3) is 0 Å². The van der Waals surface area contributed by atoms with E-state index < -0.39 is 11.8 Å². The summed E-state index contributed by atoms with van der Waals surface area (Å²) in [4.78, 5) is 26.3. The van der Waals surface area contributed by atoms with Crippen molar-refractivity contribution < 1.29 is 23.5 Å². The van der Waals surface area contributed by atoms with Gasteiger partial charge in [-0.25, -0.2) is 13.6 Å². The molecule has 2 saturated carbocycles. The van der Waals surface area contributed by atoms with E-state index in [0.717, 1.165) is 48.6 Å². The van der Waals surface area contributed by atoms with Crippen LogP contribution in [0.15, 0.2) is 66.7 Å². The molecule has 2 aliphatic carbocycles. The molecule has 0 spiro atoms. The first-order valence-electron chi connectivity index (χ1n) is 13.2. The number of amides is 1. The minimum atomic E-state index is -1.14. The highest BCUT2D eigenvalue weighted by molar-refractivity contribution is 5.94. The molecule has 1 amide bonds. The summed E-state index contributed by atoms with van der Waals surface area (Å²) in [5.41, 5.74) is 3.70. The third-order valence-corrected chi connectivity index (χ3v) is 8.29. The molecule has 2 aliphatic rings. The lowest BCUT2D eigenvalue weighted by molar-refractivity contribution is -0.131. The second kappa shape index (κ2) is 10.6. The van der Waals surface area contributed by atoms with Crippen LogP contribution in [-0.2, 0) is 16.0 Å².